The zero-order chi connectivity index (χ0) is 16.9. The smallest absolute Gasteiger partial charge is 0.139 e. The molecule has 6 nitrogen and oxygen atoms in total. The molecule has 2 heterocycles. The third-order valence-corrected chi connectivity index (χ3v) is 6.28. The van der Waals surface area contributed by atoms with Crippen LogP contribution in [0.1, 0.15) is 12.8 Å². The van der Waals surface area contributed by atoms with E-state index in [0.717, 1.165) is 48.4 Å². The maximum Gasteiger partial charge on any atom is 0.139 e. The second kappa shape index (κ2) is 5.31. The normalized spacial score (nSPS) is 22.0. The van der Waals surface area contributed by atoms with E-state index in [2.05, 4.69) is 14.9 Å². The van der Waals surface area contributed by atoms with Gasteiger partial charge in [-0.05, 0) is 30.9 Å². The highest BCUT2D eigenvalue weighted by Crippen LogP contribution is 2.53. The summed E-state index contributed by atoms with van der Waals surface area (Å²) in [7, 11) is -0.712. The minimum atomic E-state index is -2.37. The lowest BCUT2D eigenvalue weighted by molar-refractivity contribution is 0.0353. The van der Waals surface area contributed by atoms with Crippen LogP contribution in [0.25, 0.3) is 10.9 Å². The monoisotopic (exact) mass is 346 g/mol. The number of benzene rings is 1. The van der Waals surface area contributed by atoms with Crippen molar-refractivity contribution in [2.45, 2.75) is 12.8 Å². The minimum Gasteiger partial charge on any atom is -0.497 e. The van der Waals surface area contributed by atoms with Crippen LogP contribution in [0.5, 0.6) is 5.75 Å². The highest BCUT2D eigenvalue weighted by molar-refractivity contribution is 7.91. The van der Waals surface area contributed by atoms with Gasteiger partial charge in [0.15, 0.2) is 0 Å². The largest absolute Gasteiger partial charge is 0.497 e. The van der Waals surface area contributed by atoms with Crippen LogP contribution in [0.15, 0.2) is 24.5 Å². The molecule has 24 heavy (non-hydrogen) atoms. The van der Waals surface area contributed by atoms with Crippen molar-refractivity contribution in [2.75, 3.05) is 37.1 Å². The van der Waals surface area contributed by atoms with Gasteiger partial charge in [-0.15, -0.1) is 0 Å². The lowest BCUT2D eigenvalue weighted by Crippen LogP contribution is -2.63. The third kappa shape index (κ3) is 2.70. The van der Waals surface area contributed by atoms with Crippen LogP contribution in [0.2, 0.25) is 0 Å². The Labute approximate surface area is 142 Å². The highest BCUT2D eigenvalue weighted by atomic mass is 32.2. The molecule has 1 aromatic heterocycles. The molecule has 2 aliphatic rings. The summed E-state index contributed by atoms with van der Waals surface area (Å²) in [5, 5.41) is 1.05. The molecule has 4 rings (SSSR count). The van der Waals surface area contributed by atoms with E-state index in [-0.39, 0.29) is 0 Å². The van der Waals surface area contributed by atoms with Crippen molar-refractivity contribution in [1.82, 2.24) is 9.97 Å². The number of rotatable bonds is 4. The molecule has 1 unspecified atom stereocenters. The summed E-state index contributed by atoms with van der Waals surface area (Å²) in [6.45, 7) is 1.98. The van der Waals surface area contributed by atoms with E-state index in [1.807, 2.05) is 18.2 Å². The summed E-state index contributed by atoms with van der Waals surface area (Å²) in [6, 6.07) is 5.89. The summed E-state index contributed by atoms with van der Waals surface area (Å²) >= 11 is 0. The molecule has 128 valence electrons. The van der Waals surface area contributed by atoms with Crippen molar-refractivity contribution in [2.24, 2.45) is 11.3 Å². The van der Waals surface area contributed by atoms with Gasteiger partial charge in [0.2, 0.25) is 0 Å². The van der Waals surface area contributed by atoms with E-state index < -0.39 is 9.73 Å². The van der Waals surface area contributed by atoms with Crippen molar-refractivity contribution < 1.29 is 8.95 Å². The number of methoxy groups -OCH3 is 1. The maximum absolute atomic E-state index is 11.6. The van der Waals surface area contributed by atoms with Crippen LogP contribution in [-0.2, 0) is 9.73 Å². The van der Waals surface area contributed by atoms with E-state index in [9.17, 15) is 4.21 Å². The molecule has 1 saturated carbocycles. The fraction of sp³-hybridized carbons (Fsp3) is 0.529. The van der Waals surface area contributed by atoms with Crippen molar-refractivity contribution in [1.29, 1.82) is 4.78 Å². The molecule has 7 heteroatoms. The minimum absolute atomic E-state index is 0.346. The van der Waals surface area contributed by atoms with Gasteiger partial charge in [-0.25, -0.2) is 9.97 Å². The Morgan fingerprint density at radius 2 is 2.12 bits per heavy atom. The molecule has 2 fully saturated rings. The molecule has 1 aromatic carbocycles. The average Bonchev–Trinajstić information content (AvgIpc) is 2.46. The van der Waals surface area contributed by atoms with Crippen molar-refractivity contribution in [3.8, 4) is 5.75 Å². The highest BCUT2D eigenvalue weighted by Gasteiger charge is 2.53. The van der Waals surface area contributed by atoms with E-state index in [4.69, 9.17) is 9.52 Å². The van der Waals surface area contributed by atoms with Crippen molar-refractivity contribution in [3.05, 3.63) is 24.5 Å². The van der Waals surface area contributed by atoms with E-state index in [1.165, 1.54) is 0 Å². The predicted octanol–water partition coefficient (Wildman–Crippen LogP) is 2.53. The van der Waals surface area contributed by atoms with Gasteiger partial charge in [0.25, 0.3) is 0 Å². The SMILES string of the molecule is COc1ccc2c(N3CC4(CC(CS(C)(=N)=O)C4)C3)ncnc2c1. The second-order valence-electron chi connectivity index (χ2n) is 7.38. The number of hydrogen-bond acceptors (Lipinski definition) is 6. The Morgan fingerprint density at radius 3 is 2.79 bits per heavy atom. The molecule has 1 aliphatic heterocycles. The Morgan fingerprint density at radius 1 is 1.38 bits per heavy atom. The molecular formula is C17H22N4O2S. The molecule has 1 atom stereocenters. The third-order valence-electron chi connectivity index (χ3n) is 5.17. The van der Waals surface area contributed by atoms with Gasteiger partial charge in [-0.3, -0.25) is 8.99 Å². The fourth-order valence-corrected chi connectivity index (χ4v) is 5.44. The van der Waals surface area contributed by atoms with Crippen LogP contribution < -0.4 is 9.64 Å². The number of anilines is 1. The summed E-state index contributed by atoms with van der Waals surface area (Å²) in [4.78, 5) is 11.1. The van der Waals surface area contributed by atoms with Gasteiger partial charge in [-0.1, -0.05) is 0 Å². The number of aromatic nitrogens is 2. The quantitative estimate of drug-likeness (QED) is 0.920. The number of nitrogens with zero attached hydrogens (tertiary/aromatic N) is 3. The van der Waals surface area contributed by atoms with Crippen molar-refractivity contribution in [3.63, 3.8) is 0 Å². The van der Waals surface area contributed by atoms with E-state index >= 15 is 0 Å². The van der Waals surface area contributed by atoms with Gasteiger partial charge in [0.1, 0.15) is 17.9 Å². The molecular weight excluding hydrogens is 324 g/mol. The topological polar surface area (TPSA) is 79.2 Å². The summed E-state index contributed by atoms with van der Waals surface area (Å²) in [6.07, 6.45) is 5.33. The van der Waals surface area contributed by atoms with Gasteiger partial charge in [0.05, 0.1) is 12.6 Å². The molecule has 2 aromatic rings. The van der Waals surface area contributed by atoms with E-state index in [1.54, 1.807) is 19.7 Å². The van der Waals surface area contributed by atoms with Crippen molar-refractivity contribution >= 4 is 26.4 Å². The molecule has 0 amide bonds. The predicted molar refractivity (Wildman–Crippen MR) is 95.1 cm³/mol. The van der Waals surface area contributed by atoms with Crippen LogP contribution in [0.4, 0.5) is 5.82 Å². The molecule has 0 bridgehead atoms. The van der Waals surface area contributed by atoms with E-state index in [0.29, 0.717) is 17.1 Å². The first-order valence-corrected chi connectivity index (χ1v) is 10.3. The zero-order valence-corrected chi connectivity index (χ0v) is 14.8. The molecule has 1 aliphatic carbocycles. The second-order valence-corrected chi connectivity index (χ2v) is 9.73. The van der Waals surface area contributed by atoms with Crippen LogP contribution in [-0.4, -0.2) is 46.4 Å². The number of hydrogen-bond donors (Lipinski definition) is 1. The Bertz CT molecular complexity index is 883. The number of fused-ring (bicyclic) bond motifs is 1. The van der Waals surface area contributed by atoms with Crippen LogP contribution in [0, 0.1) is 16.1 Å². The number of ether oxygens (including phenoxy) is 1. The summed E-state index contributed by atoms with van der Waals surface area (Å²) in [5.74, 6) is 2.78. The first-order valence-electron chi connectivity index (χ1n) is 8.13. The summed E-state index contributed by atoms with van der Waals surface area (Å²) < 4.78 is 24.5. The molecule has 1 spiro atoms. The zero-order valence-electron chi connectivity index (χ0n) is 14.0. The fourth-order valence-electron chi connectivity index (χ4n) is 4.31. The maximum atomic E-state index is 11.6. The van der Waals surface area contributed by atoms with Gasteiger partial charge < -0.3 is 9.64 Å². The van der Waals surface area contributed by atoms with Gasteiger partial charge >= 0.3 is 0 Å². The average molecular weight is 346 g/mol. The lowest BCUT2D eigenvalue weighted by Gasteiger charge is -2.59. The first kappa shape index (κ1) is 15.6. The molecule has 1 N–H and O–H groups in total. The van der Waals surface area contributed by atoms with Crippen LogP contribution in [0.3, 0.4) is 0 Å². The molecule has 0 radical (unpaired) electrons. The Hall–Kier alpha value is -1.89. The Kier molecular flexibility index (Phi) is 3.46. The number of nitrogens with one attached hydrogen (secondary N) is 1. The summed E-state index contributed by atoms with van der Waals surface area (Å²) in [5.41, 5.74) is 1.24. The Balaban J connectivity index is 1.47. The van der Waals surface area contributed by atoms with Gasteiger partial charge in [-0.2, -0.15) is 0 Å². The van der Waals surface area contributed by atoms with Gasteiger partial charge in [0, 0.05) is 51.7 Å². The lowest BCUT2D eigenvalue weighted by atomic mass is 9.58. The standard InChI is InChI=1S/C17H22N4O2S/c1-23-13-3-4-14-15(5-13)19-11-20-16(14)21-9-17(10-21)6-12(7-17)8-24(2,18)22/h3-5,11-12,18H,6-10H2,1-2H3. The van der Waals surface area contributed by atoms with Crippen LogP contribution >= 0.6 is 0 Å². The first-order chi connectivity index (χ1) is 11.4. The molecule has 1 saturated heterocycles.